The Morgan fingerprint density at radius 3 is 2.37 bits per heavy atom. The van der Waals surface area contributed by atoms with Crippen LogP contribution in [0, 0.1) is 0 Å². The van der Waals surface area contributed by atoms with Gasteiger partial charge in [-0.2, -0.15) is 0 Å². The second kappa shape index (κ2) is 9.19. The van der Waals surface area contributed by atoms with E-state index < -0.39 is 0 Å². The van der Waals surface area contributed by atoms with Gasteiger partial charge >= 0.3 is 0 Å². The summed E-state index contributed by atoms with van der Waals surface area (Å²) >= 11 is 5.87. The van der Waals surface area contributed by atoms with Gasteiger partial charge in [-0.1, -0.05) is 54.1 Å². The lowest BCUT2D eigenvalue weighted by atomic mass is 10.2. The van der Waals surface area contributed by atoms with E-state index in [1.54, 1.807) is 12.3 Å². The predicted molar refractivity (Wildman–Crippen MR) is 110 cm³/mol. The zero-order valence-corrected chi connectivity index (χ0v) is 16.0. The van der Waals surface area contributed by atoms with Gasteiger partial charge in [0.15, 0.2) is 0 Å². The second-order valence-corrected chi connectivity index (χ2v) is 6.65. The molecule has 0 spiro atoms. The molecule has 0 aliphatic rings. The van der Waals surface area contributed by atoms with Gasteiger partial charge in [-0.3, -0.25) is 4.79 Å². The van der Waals surface area contributed by atoms with Crippen LogP contribution in [0.15, 0.2) is 72.9 Å². The number of carbonyl (C=O) groups excluding carboxylic acids is 1. The molecule has 2 aromatic carbocycles. The largest absolute Gasteiger partial charge is 0.366 e. The van der Waals surface area contributed by atoms with E-state index in [1.165, 1.54) is 5.56 Å². The quantitative estimate of drug-likeness (QED) is 0.647. The molecule has 3 aromatic rings. The zero-order valence-electron chi connectivity index (χ0n) is 15.2. The van der Waals surface area contributed by atoms with Crippen LogP contribution in [0.25, 0.3) is 0 Å². The molecule has 4 nitrogen and oxygen atoms in total. The fraction of sp³-hybridized carbons (Fsp3) is 0.182. The predicted octanol–water partition coefficient (Wildman–Crippen LogP) is 4.69. The molecule has 0 unspecified atom stereocenters. The van der Waals surface area contributed by atoms with Crippen LogP contribution in [0.3, 0.4) is 0 Å². The Hall–Kier alpha value is -2.85. The molecular formula is C22H22ClN3O. The van der Waals surface area contributed by atoms with Gasteiger partial charge in [0.2, 0.25) is 0 Å². The van der Waals surface area contributed by atoms with E-state index in [-0.39, 0.29) is 5.91 Å². The Kier molecular flexibility index (Phi) is 6.44. The van der Waals surface area contributed by atoms with Crippen molar-refractivity contribution in [3.05, 3.63) is 94.8 Å². The van der Waals surface area contributed by atoms with Crippen LogP contribution >= 0.6 is 11.6 Å². The standard InChI is InChI=1S/C22H22ClN3O/c1-2-26(16-18-6-4-3-5-7-18)20-12-13-21(24-15-20)22(27)25-14-17-8-10-19(23)11-9-17/h3-13,15H,2,14,16H2,1H3,(H,25,27). The average Bonchev–Trinajstić information content (AvgIpc) is 2.72. The zero-order chi connectivity index (χ0) is 19.1. The van der Waals surface area contributed by atoms with Crippen molar-refractivity contribution in [2.45, 2.75) is 20.0 Å². The highest BCUT2D eigenvalue weighted by atomic mass is 35.5. The molecule has 0 aliphatic heterocycles. The first-order chi connectivity index (χ1) is 13.2. The maximum absolute atomic E-state index is 12.3. The van der Waals surface area contributed by atoms with Crippen molar-refractivity contribution < 1.29 is 4.79 Å². The molecule has 0 radical (unpaired) electrons. The summed E-state index contributed by atoms with van der Waals surface area (Å²) in [5.41, 5.74) is 3.63. The van der Waals surface area contributed by atoms with Crippen molar-refractivity contribution in [3.63, 3.8) is 0 Å². The lowest BCUT2D eigenvalue weighted by Crippen LogP contribution is -2.25. The maximum Gasteiger partial charge on any atom is 0.270 e. The highest BCUT2D eigenvalue weighted by Gasteiger charge is 2.10. The van der Waals surface area contributed by atoms with Gasteiger partial charge < -0.3 is 10.2 Å². The molecule has 0 bridgehead atoms. The molecule has 1 N–H and O–H groups in total. The minimum Gasteiger partial charge on any atom is -0.366 e. The van der Waals surface area contributed by atoms with E-state index in [9.17, 15) is 4.79 Å². The summed E-state index contributed by atoms with van der Waals surface area (Å²) in [6.07, 6.45) is 1.75. The van der Waals surface area contributed by atoms with E-state index in [4.69, 9.17) is 11.6 Å². The van der Waals surface area contributed by atoms with Gasteiger partial charge in [-0.25, -0.2) is 4.98 Å². The molecule has 3 rings (SSSR count). The fourth-order valence-electron chi connectivity index (χ4n) is 2.77. The van der Waals surface area contributed by atoms with Crippen LogP contribution in [0.1, 0.15) is 28.5 Å². The SMILES string of the molecule is CCN(Cc1ccccc1)c1ccc(C(=O)NCc2ccc(Cl)cc2)nc1. The highest BCUT2D eigenvalue weighted by Crippen LogP contribution is 2.16. The van der Waals surface area contributed by atoms with Crippen molar-refractivity contribution in [2.24, 2.45) is 0 Å². The van der Waals surface area contributed by atoms with Crippen molar-refractivity contribution in [2.75, 3.05) is 11.4 Å². The third-order valence-corrected chi connectivity index (χ3v) is 4.56. The third kappa shape index (κ3) is 5.31. The van der Waals surface area contributed by atoms with Crippen molar-refractivity contribution >= 4 is 23.2 Å². The van der Waals surface area contributed by atoms with Crippen molar-refractivity contribution in [1.29, 1.82) is 0 Å². The fourth-order valence-corrected chi connectivity index (χ4v) is 2.90. The Labute approximate surface area is 164 Å². The number of halogens is 1. The number of carbonyl (C=O) groups is 1. The summed E-state index contributed by atoms with van der Waals surface area (Å²) in [6, 6.07) is 21.4. The van der Waals surface area contributed by atoms with Gasteiger partial charge in [0.25, 0.3) is 5.91 Å². The summed E-state index contributed by atoms with van der Waals surface area (Å²) in [7, 11) is 0. The number of rotatable bonds is 7. The van der Waals surface area contributed by atoms with Crippen LogP contribution in [-0.4, -0.2) is 17.4 Å². The molecule has 138 valence electrons. The topological polar surface area (TPSA) is 45.2 Å². The summed E-state index contributed by atoms with van der Waals surface area (Å²) in [6.45, 7) is 4.21. The van der Waals surface area contributed by atoms with Crippen molar-refractivity contribution in [3.8, 4) is 0 Å². The average molecular weight is 380 g/mol. The number of hydrogen-bond acceptors (Lipinski definition) is 3. The van der Waals surface area contributed by atoms with E-state index in [0.29, 0.717) is 17.3 Å². The Balaban J connectivity index is 1.61. The Bertz CT molecular complexity index is 864. The first-order valence-electron chi connectivity index (χ1n) is 8.93. The van der Waals surface area contributed by atoms with Crippen LogP contribution in [0.4, 0.5) is 5.69 Å². The molecule has 27 heavy (non-hydrogen) atoms. The van der Waals surface area contributed by atoms with Gasteiger partial charge in [0.05, 0.1) is 11.9 Å². The number of benzene rings is 2. The third-order valence-electron chi connectivity index (χ3n) is 4.31. The number of pyridine rings is 1. The van der Waals surface area contributed by atoms with Gasteiger partial charge in [0.1, 0.15) is 5.69 Å². The Morgan fingerprint density at radius 1 is 1.00 bits per heavy atom. The Morgan fingerprint density at radius 2 is 1.74 bits per heavy atom. The molecular weight excluding hydrogens is 358 g/mol. The monoisotopic (exact) mass is 379 g/mol. The minimum atomic E-state index is -0.192. The molecule has 0 fully saturated rings. The lowest BCUT2D eigenvalue weighted by Gasteiger charge is -2.23. The number of anilines is 1. The van der Waals surface area contributed by atoms with E-state index in [1.807, 2.05) is 48.5 Å². The second-order valence-electron chi connectivity index (χ2n) is 6.21. The summed E-state index contributed by atoms with van der Waals surface area (Å²) in [4.78, 5) is 18.9. The normalized spacial score (nSPS) is 10.4. The van der Waals surface area contributed by atoms with Crippen LogP contribution in [0.5, 0.6) is 0 Å². The molecule has 0 saturated heterocycles. The first kappa shape index (κ1) is 18.9. The molecule has 0 aliphatic carbocycles. The van der Waals surface area contributed by atoms with Gasteiger partial charge in [0, 0.05) is 24.7 Å². The molecule has 1 heterocycles. The molecule has 0 atom stereocenters. The number of hydrogen-bond donors (Lipinski definition) is 1. The van der Waals surface area contributed by atoms with Gasteiger partial charge in [-0.05, 0) is 42.3 Å². The maximum atomic E-state index is 12.3. The van der Waals surface area contributed by atoms with E-state index >= 15 is 0 Å². The van der Waals surface area contributed by atoms with E-state index in [2.05, 4.69) is 34.3 Å². The number of nitrogens with one attached hydrogen (secondary N) is 1. The molecule has 1 amide bonds. The number of nitrogens with zero attached hydrogens (tertiary/aromatic N) is 2. The first-order valence-corrected chi connectivity index (χ1v) is 9.31. The highest BCUT2D eigenvalue weighted by molar-refractivity contribution is 6.30. The minimum absolute atomic E-state index is 0.192. The molecule has 5 heteroatoms. The summed E-state index contributed by atoms with van der Waals surface area (Å²) in [5.74, 6) is -0.192. The van der Waals surface area contributed by atoms with E-state index in [0.717, 1.165) is 24.3 Å². The number of amides is 1. The molecule has 1 aromatic heterocycles. The van der Waals surface area contributed by atoms with Crippen LogP contribution < -0.4 is 10.2 Å². The van der Waals surface area contributed by atoms with Crippen LogP contribution in [0.2, 0.25) is 5.02 Å². The van der Waals surface area contributed by atoms with Gasteiger partial charge in [-0.15, -0.1) is 0 Å². The summed E-state index contributed by atoms with van der Waals surface area (Å²) < 4.78 is 0. The lowest BCUT2D eigenvalue weighted by molar-refractivity contribution is 0.0946. The number of aromatic nitrogens is 1. The smallest absolute Gasteiger partial charge is 0.270 e. The summed E-state index contributed by atoms with van der Waals surface area (Å²) in [5, 5.41) is 3.56. The molecule has 0 saturated carbocycles. The van der Waals surface area contributed by atoms with Crippen LogP contribution in [-0.2, 0) is 13.1 Å². The van der Waals surface area contributed by atoms with Crippen molar-refractivity contribution in [1.82, 2.24) is 10.3 Å².